The van der Waals surface area contributed by atoms with Gasteiger partial charge in [0.05, 0.1) is 11.6 Å². The number of hydrogen-bond donors (Lipinski definition) is 2. The average molecular weight is 303 g/mol. The monoisotopic (exact) mass is 302 g/mol. The Bertz CT molecular complexity index is 378. The SMILES string of the molecule is CCCC(CN)C(=O)Nc1c(F)cccc1Br. The zero-order valence-electron chi connectivity index (χ0n) is 9.67. The predicted octanol–water partition coefficient (Wildman–Crippen LogP) is 2.90. The third-order valence-electron chi connectivity index (χ3n) is 2.50. The van der Waals surface area contributed by atoms with Gasteiger partial charge in [0, 0.05) is 11.0 Å². The van der Waals surface area contributed by atoms with Crippen molar-refractivity contribution < 1.29 is 9.18 Å². The smallest absolute Gasteiger partial charge is 0.228 e. The van der Waals surface area contributed by atoms with Crippen LogP contribution in [0.1, 0.15) is 19.8 Å². The van der Waals surface area contributed by atoms with Crippen LogP contribution in [-0.2, 0) is 4.79 Å². The maximum atomic E-state index is 13.5. The second kappa shape index (κ2) is 6.71. The summed E-state index contributed by atoms with van der Waals surface area (Å²) in [5.41, 5.74) is 5.70. The first-order valence-electron chi connectivity index (χ1n) is 5.55. The quantitative estimate of drug-likeness (QED) is 0.879. The van der Waals surface area contributed by atoms with Gasteiger partial charge in [0.1, 0.15) is 5.82 Å². The first-order valence-corrected chi connectivity index (χ1v) is 6.34. The molecule has 94 valence electrons. The van der Waals surface area contributed by atoms with Crippen molar-refractivity contribution in [1.82, 2.24) is 0 Å². The van der Waals surface area contributed by atoms with E-state index in [4.69, 9.17) is 5.73 Å². The minimum Gasteiger partial charge on any atom is -0.330 e. The molecule has 0 saturated heterocycles. The lowest BCUT2D eigenvalue weighted by molar-refractivity contribution is -0.119. The molecular formula is C12H16BrFN2O. The van der Waals surface area contributed by atoms with Gasteiger partial charge in [0.15, 0.2) is 0 Å². The first kappa shape index (κ1) is 14.1. The average Bonchev–Trinajstić information content (AvgIpc) is 2.30. The summed E-state index contributed by atoms with van der Waals surface area (Å²) in [7, 11) is 0. The molecule has 3 nitrogen and oxygen atoms in total. The molecule has 0 radical (unpaired) electrons. The molecule has 0 fully saturated rings. The van der Waals surface area contributed by atoms with E-state index in [0.717, 1.165) is 6.42 Å². The van der Waals surface area contributed by atoms with Gasteiger partial charge in [-0.15, -0.1) is 0 Å². The number of anilines is 1. The highest BCUT2D eigenvalue weighted by atomic mass is 79.9. The molecule has 1 amide bonds. The van der Waals surface area contributed by atoms with Crippen LogP contribution in [0.3, 0.4) is 0 Å². The third-order valence-corrected chi connectivity index (χ3v) is 3.16. The molecule has 1 atom stereocenters. The Morgan fingerprint density at radius 3 is 2.82 bits per heavy atom. The Balaban J connectivity index is 2.80. The highest BCUT2D eigenvalue weighted by molar-refractivity contribution is 9.10. The number of amides is 1. The summed E-state index contributed by atoms with van der Waals surface area (Å²) in [6, 6.07) is 4.55. The van der Waals surface area contributed by atoms with Gasteiger partial charge in [-0.05, 0) is 34.5 Å². The molecule has 1 aromatic rings. The molecule has 17 heavy (non-hydrogen) atoms. The van der Waals surface area contributed by atoms with E-state index in [2.05, 4.69) is 21.2 Å². The van der Waals surface area contributed by atoms with Gasteiger partial charge >= 0.3 is 0 Å². The molecule has 1 rings (SSSR count). The molecule has 0 bridgehead atoms. The lowest BCUT2D eigenvalue weighted by Crippen LogP contribution is -2.29. The Morgan fingerprint density at radius 2 is 2.29 bits per heavy atom. The lowest BCUT2D eigenvalue weighted by atomic mass is 10.0. The van der Waals surface area contributed by atoms with E-state index in [1.54, 1.807) is 12.1 Å². The van der Waals surface area contributed by atoms with E-state index in [1.165, 1.54) is 6.07 Å². The molecule has 1 aromatic carbocycles. The van der Waals surface area contributed by atoms with Crippen LogP contribution in [0, 0.1) is 11.7 Å². The van der Waals surface area contributed by atoms with E-state index in [-0.39, 0.29) is 24.1 Å². The van der Waals surface area contributed by atoms with Crippen molar-refractivity contribution in [2.24, 2.45) is 11.7 Å². The molecule has 5 heteroatoms. The Labute approximate surface area is 109 Å². The Hall–Kier alpha value is -0.940. The molecule has 1 unspecified atom stereocenters. The summed E-state index contributed by atoms with van der Waals surface area (Å²) in [5.74, 6) is -0.966. The number of nitrogens with two attached hydrogens (primary N) is 1. The summed E-state index contributed by atoms with van der Waals surface area (Å²) in [4.78, 5) is 11.9. The Morgan fingerprint density at radius 1 is 1.59 bits per heavy atom. The van der Waals surface area contributed by atoms with Crippen LogP contribution in [0.2, 0.25) is 0 Å². The topological polar surface area (TPSA) is 55.1 Å². The van der Waals surface area contributed by atoms with Crippen molar-refractivity contribution in [2.75, 3.05) is 11.9 Å². The molecule has 0 aliphatic rings. The molecule has 0 spiro atoms. The van der Waals surface area contributed by atoms with E-state index < -0.39 is 5.82 Å². The zero-order valence-corrected chi connectivity index (χ0v) is 11.3. The number of nitrogens with one attached hydrogen (secondary N) is 1. The number of halogens is 2. The van der Waals surface area contributed by atoms with E-state index in [0.29, 0.717) is 10.9 Å². The second-order valence-corrected chi connectivity index (χ2v) is 4.66. The van der Waals surface area contributed by atoms with Gasteiger partial charge < -0.3 is 11.1 Å². The van der Waals surface area contributed by atoms with Gasteiger partial charge in [-0.25, -0.2) is 4.39 Å². The van der Waals surface area contributed by atoms with Crippen LogP contribution in [-0.4, -0.2) is 12.5 Å². The number of benzene rings is 1. The van der Waals surface area contributed by atoms with Crippen molar-refractivity contribution in [3.05, 3.63) is 28.5 Å². The standard InChI is InChI=1S/C12H16BrFN2O/c1-2-4-8(7-15)12(17)16-11-9(13)5-3-6-10(11)14/h3,5-6,8H,2,4,7,15H2,1H3,(H,16,17). The lowest BCUT2D eigenvalue weighted by Gasteiger charge is -2.15. The molecule has 0 heterocycles. The molecule has 0 aliphatic carbocycles. The highest BCUT2D eigenvalue weighted by Gasteiger charge is 2.18. The summed E-state index contributed by atoms with van der Waals surface area (Å²) >= 11 is 3.20. The zero-order chi connectivity index (χ0) is 12.8. The van der Waals surface area contributed by atoms with Gasteiger partial charge in [-0.2, -0.15) is 0 Å². The fourth-order valence-corrected chi connectivity index (χ4v) is 1.99. The molecule has 0 aromatic heterocycles. The van der Waals surface area contributed by atoms with Crippen LogP contribution in [0.4, 0.5) is 10.1 Å². The van der Waals surface area contributed by atoms with Crippen LogP contribution >= 0.6 is 15.9 Å². The fraction of sp³-hybridized carbons (Fsp3) is 0.417. The molecule has 3 N–H and O–H groups in total. The van der Waals surface area contributed by atoms with Crippen molar-refractivity contribution >= 4 is 27.5 Å². The molecule has 0 aliphatic heterocycles. The van der Waals surface area contributed by atoms with Gasteiger partial charge in [-0.3, -0.25) is 4.79 Å². The van der Waals surface area contributed by atoms with Gasteiger partial charge in [0.25, 0.3) is 0 Å². The van der Waals surface area contributed by atoms with Crippen molar-refractivity contribution in [3.8, 4) is 0 Å². The minimum absolute atomic E-state index is 0.173. The minimum atomic E-state index is -0.458. The second-order valence-electron chi connectivity index (χ2n) is 3.81. The predicted molar refractivity (Wildman–Crippen MR) is 70.2 cm³/mol. The maximum Gasteiger partial charge on any atom is 0.228 e. The van der Waals surface area contributed by atoms with Crippen LogP contribution in [0.5, 0.6) is 0 Å². The van der Waals surface area contributed by atoms with E-state index in [1.807, 2.05) is 6.92 Å². The van der Waals surface area contributed by atoms with Crippen LogP contribution in [0.25, 0.3) is 0 Å². The van der Waals surface area contributed by atoms with E-state index >= 15 is 0 Å². The number of carbonyl (C=O) groups excluding carboxylic acids is 1. The van der Waals surface area contributed by atoms with Gasteiger partial charge in [-0.1, -0.05) is 19.4 Å². The number of carbonyl (C=O) groups is 1. The van der Waals surface area contributed by atoms with Crippen molar-refractivity contribution in [2.45, 2.75) is 19.8 Å². The summed E-state index contributed by atoms with van der Waals surface area (Å²) < 4.78 is 14.0. The Kier molecular flexibility index (Phi) is 5.58. The number of hydrogen-bond acceptors (Lipinski definition) is 2. The fourth-order valence-electron chi connectivity index (χ4n) is 1.55. The maximum absolute atomic E-state index is 13.5. The van der Waals surface area contributed by atoms with Crippen LogP contribution in [0.15, 0.2) is 22.7 Å². The molecule has 0 saturated carbocycles. The number of rotatable bonds is 5. The largest absolute Gasteiger partial charge is 0.330 e. The number of para-hydroxylation sites is 1. The van der Waals surface area contributed by atoms with Gasteiger partial charge in [0.2, 0.25) is 5.91 Å². The summed E-state index contributed by atoms with van der Waals surface area (Å²) in [6.45, 7) is 2.25. The first-order chi connectivity index (χ1) is 8.10. The van der Waals surface area contributed by atoms with Crippen molar-refractivity contribution in [1.29, 1.82) is 0 Å². The van der Waals surface area contributed by atoms with Crippen molar-refractivity contribution in [3.63, 3.8) is 0 Å². The third kappa shape index (κ3) is 3.78. The summed E-state index contributed by atoms with van der Waals surface area (Å²) in [6.07, 6.45) is 1.57. The molecular weight excluding hydrogens is 287 g/mol. The van der Waals surface area contributed by atoms with Crippen LogP contribution < -0.4 is 11.1 Å². The van der Waals surface area contributed by atoms with E-state index in [9.17, 15) is 9.18 Å². The normalized spacial score (nSPS) is 12.2. The highest BCUT2D eigenvalue weighted by Crippen LogP contribution is 2.25. The summed E-state index contributed by atoms with van der Waals surface area (Å²) in [5, 5.41) is 2.57.